The first-order valence-corrected chi connectivity index (χ1v) is 19.7. The van der Waals surface area contributed by atoms with Gasteiger partial charge in [-0.2, -0.15) is 0 Å². The number of piperazine rings is 1. The number of hydrogen-bond acceptors (Lipinski definition) is 10. The van der Waals surface area contributed by atoms with Crippen LogP contribution in [0.4, 0.5) is 22.9 Å². The predicted octanol–water partition coefficient (Wildman–Crippen LogP) is 7.60. The summed E-state index contributed by atoms with van der Waals surface area (Å²) in [5.74, 6) is 0.457. The van der Waals surface area contributed by atoms with Crippen LogP contribution in [0.2, 0.25) is 5.02 Å². The number of hydrogen-bond donors (Lipinski definition) is 2. The van der Waals surface area contributed by atoms with Crippen LogP contribution in [0.15, 0.2) is 96.2 Å². The maximum atomic E-state index is 13.5. The fourth-order valence-corrected chi connectivity index (χ4v) is 8.46. The van der Waals surface area contributed by atoms with Gasteiger partial charge in [-0.15, -0.1) is 0 Å². The molecule has 4 aromatic carbocycles. The minimum atomic E-state index is -4.22. The van der Waals surface area contributed by atoms with Crippen LogP contribution >= 0.6 is 11.6 Å². The number of anilines is 3. The number of methoxy groups -OCH3 is 1. The number of ether oxygens (including phenoxy) is 1. The highest BCUT2D eigenvalue weighted by molar-refractivity contribution is 7.92. The van der Waals surface area contributed by atoms with E-state index in [9.17, 15) is 18.5 Å². The van der Waals surface area contributed by atoms with Crippen molar-refractivity contribution >= 4 is 55.4 Å². The zero-order valence-electron chi connectivity index (χ0n) is 29.4. The van der Waals surface area contributed by atoms with Gasteiger partial charge in [0.05, 0.1) is 21.4 Å². The zero-order chi connectivity index (χ0) is 37.0. The van der Waals surface area contributed by atoms with Crippen molar-refractivity contribution < 1.29 is 18.1 Å². The number of benzene rings is 4. The predicted molar refractivity (Wildman–Crippen MR) is 209 cm³/mol. The van der Waals surface area contributed by atoms with Crippen molar-refractivity contribution in [3.63, 3.8) is 0 Å². The fraction of sp³-hybridized carbons (Fsp3) is 0.333. The molecular weight excluding hydrogens is 714 g/mol. The standard InChI is InChI=1S/C39H42ClN7O5S/c1-52-32-13-6-27(7-14-32)24-41-36-17-15-33(23-38(36)47(48)49)53(50,51)44-39-35-16-12-31(22-37(35)42-26-43-39)46-20-18-45(19-21-46)25-29-4-2-3-5-34(29)28-8-10-30(40)11-9-28/h2-5,8-12,15-17,22-23,26-27,32,41H,6-7,13-14,18-21,24-25H2,1H3,(H,42,43,44). The SMILES string of the molecule is COC1CCC(CNc2ccc(S(=O)(=O)Nc3ncnc4cc(N5CCN(Cc6ccccc6-c6ccc(Cl)cc6)CC5)ccc34)cc2[N+](=O)[O-])CC1. The lowest BCUT2D eigenvalue weighted by molar-refractivity contribution is -0.384. The summed E-state index contributed by atoms with van der Waals surface area (Å²) in [5, 5.41) is 16.4. The van der Waals surface area contributed by atoms with E-state index in [-0.39, 0.29) is 28.2 Å². The molecule has 2 heterocycles. The molecule has 53 heavy (non-hydrogen) atoms. The van der Waals surface area contributed by atoms with E-state index < -0.39 is 14.9 Å². The van der Waals surface area contributed by atoms with E-state index in [1.165, 1.54) is 29.6 Å². The number of rotatable bonds is 12. The van der Waals surface area contributed by atoms with Crippen molar-refractivity contribution in [2.24, 2.45) is 5.92 Å². The Balaban J connectivity index is 1.00. The molecule has 0 unspecified atom stereocenters. The van der Waals surface area contributed by atoms with Crippen LogP contribution in [0, 0.1) is 16.0 Å². The summed E-state index contributed by atoms with van der Waals surface area (Å²) in [6.07, 6.45) is 5.40. The van der Waals surface area contributed by atoms with Gasteiger partial charge in [0.1, 0.15) is 12.0 Å². The van der Waals surface area contributed by atoms with Gasteiger partial charge in [-0.05, 0) is 90.8 Å². The quantitative estimate of drug-likeness (QED) is 0.0966. The first kappa shape index (κ1) is 36.5. The first-order chi connectivity index (χ1) is 25.7. The Hall–Kier alpha value is -4.82. The third-order valence-electron chi connectivity index (χ3n) is 10.3. The maximum absolute atomic E-state index is 13.5. The molecule has 2 N–H and O–H groups in total. The topological polar surface area (TPSA) is 143 Å². The molecule has 0 amide bonds. The minimum Gasteiger partial charge on any atom is -0.381 e. The minimum absolute atomic E-state index is 0.0993. The van der Waals surface area contributed by atoms with E-state index in [1.54, 1.807) is 7.11 Å². The lowest BCUT2D eigenvalue weighted by Gasteiger charge is -2.36. The van der Waals surface area contributed by atoms with Crippen LogP contribution in [0.25, 0.3) is 22.0 Å². The Morgan fingerprint density at radius 2 is 1.68 bits per heavy atom. The Kier molecular flexibility index (Phi) is 11.1. The summed E-state index contributed by atoms with van der Waals surface area (Å²) in [6.45, 7) is 4.77. The summed E-state index contributed by atoms with van der Waals surface area (Å²) in [5.41, 5.74) is 5.15. The number of nitro benzene ring substituents is 1. The first-order valence-electron chi connectivity index (χ1n) is 17.8. The summed E-state index contributed by atoms with van der Waals surface area (Å²) >= 11 is 6.13. The molecule has 5 aromatic rings. The molecule has 1 aliphatic carbocycles. The molecule has 0 bridgehead atoms. The van der Waals surface area contributed by atoms with E-state index >= 15 is 0 Å². The van der Waals surface area contributed by atoms with E-state index in [4.69, 9.17) is 16.3 Å². The molecule has 1 saturated heterocycles. The van der Waals surface area contributed by atoms with Gasteiger partial charge in [0.2, 0.25) is 0 Å². The summed E-state index contributed by atoms with van der Waals surface area (Å²) < 4.78 is 35.1. The summed E-state index contributed by atoms with van der Waals surface area (Å²) in [4.78, 5) is 24.6. The highest BCUT2D eigenvalue weighted by Crippen LogP contribution is 2.33. The van der Waals surface area contributed by atoms with E-state index in [0.717, 1.165) is 75.7 Å². The molecule has 1 aliphatic heterocycles. The van der Waals surface area contributed by atoms with Gasteiger partial charge in [0.25, 0.3) is 15.7 Å². The Bertz CT molecular complexity index is 2190. The Morgan fingerprint density at radius 3 is 2.42 bits per heavy atom. The molecule has 1 aromatic heterocycles. The molecule has 2 fully saturated rings. The number of nitro groups is 1. The molecule has 14 heteroatoms. The highest BCUT2D eigenvalue weighted by atomic mass is 35.5. The van der Waals surface area contributed by atoms with Gasteiger partial charge in [-0.1, -0.05) is 48.0 Å². The second kappa shape index (κ2) is 16.0. The van der Waals surface area contributed by atoms with Crippen LogP contribution in [0.1, 0.15) is 31.2 Å². The molecule has 0 radical (unpaired) electrons. The van der Waals surface area contributed by atoms with Crippen molar-refractivity contribution in [3.8, 4) is 11.1 Å². The van der Waals surface area contributed by atoms with Gasteiger partial charge < -0.3 is 15.0 Å². The van der Waals surface area contributed by atoms with Gasteiger partial charge in [-0.25, -0.2) is 18.4 Å². The van der Waals surface area contributed by atoms with Crippen LogP contribution in [-0.2, 0) is 21.3 Å². The number of nitrogens with one attached hydrogen (secondary N) is 2. The number of aromatic nitrogens is 2. The average molecular weight is 756 g/mol. The third-order valence-corrected chi connectivity index (χ3v) is 11.9. The third kappa shape index (κ3) is 8.54. The van der Waals surface area contributed by atoms with Gasteiger partial charge in [-0.3, -0.25) is 19.7 Å². The zero-order valence-corrected chi connectivity index (χ0v) is 31.0. The van der Waals surface area contributed by atoms with E-state index in [2.05, 4.69) is 66.2 Å². The van der Waals surface area contributed by atoms with Crippen molar-refractivity contribution in [2.45, 2.75) is 43.2 Å². The molecule has 7 rings (SSSR count). The Morgan fingerprint density at radius 1 is 0.925 bits per heavy atom. The number of fused-ring (bicyclic) bond motifs is 1. The number of halogens is 1. The number of nitrogens with zero attached hydrogens (tertiary/aromatic N) is 5. The lowest BCUT2D eigenvalue weighted by Crippen LogP contribution is -2.46. The van der Waals surface area contributed by atoms with Crippen molar-refractivity contribution in [1.29, 1.82) is 0 Å². The van der Waals surface area contributed by atoms with Gasteiger partial charge >= 0.3 is 0 Å². The lowest BCUT2D eigenvalue weighted by atomic mass is 9.87. The van der Waals surface area contributed by atoms with Crippen molar-refractivity contribution in [2.75, 3.05) is 54.8 Å². The average Bonchev–Trinajstić information content (AvgIpc) is 3.18. The molecule has 0 spiro atoms. The van der Waals surface area contributed by atoms with E-state index in [0.29, 0.717) is 28.4 Å². The summed E-state index contributed by atoms with van der Waals surface area (Å²) in [7, 11) is -2.50. The largest absolute Gasteiger partial charge is 0.381 e. The molecule has 0 atom stereocenters. The molecule has 1 saturated carbocycles. The summed E-state index contributed by atoms with van der Waals surface area (Å²) in [6, 6.07) is 26.0. The fourth-order valence-electron chi connectivity index (χ4n) is 7.29. The van der Waals surface area contributed by atoms with Crippen LogP contribution < -0.4 is 14.9 Å². The highest BCUT2D eigenvalue weighted by Gasteiger charge is 2.26. The molecular formula is C39H42ClN7O5S. The molecule has 276 valence electrons. The van der Waals surface area contributed by atoms with Crippen molar-refractivity contribution in [3.05, 3.63) is 112 Å². The second-order valence-electron chi connectivity index (χ2n) is 13.7. The van der Waals surface area contributed by atoms with Crippen LogP contribution in [-0.4, -0.2) is 74.1 Å². The molecule has 12 nitrogen and oxygen atoms in total. The Labute approximate surface area is 314 Å². The molecule has 2 aliphatic rings. The maximum Gasteiger partial charge on any atom is 0.293 e. The monoisotopic (exact) mass is 755 g/mol. The van der Waals surface area contributed by atoms with Crippen LogP contribution in [0.5, 0.6) is 0 Å². The normalized spacial score (nSPS) is 18.2. The van der Waals surface area contributed by atoms with Gasteiger partial charge in [0.15, 0.2) is 5.82 Å². The van der Waals surface area contributed by atoms with Gasteiger partial charge in [0, 0.05) is 68.5 Å². The van der Waals surface area contributed by atoms with Crippen molar-refractivity contribution in [1.82, 2.24) is 14.9 Å². The van der Waals surface area contributed by atoms with E-state index in [1.807, 2.05) is 30.3 Å². The smallest absolute Gasteiger partial charge is 0.293 e. The number of sulfonamides is 1. The van der Waals surface area contributed by atoms with Crippen LogP contribution in [0.3, 0.4) is 0 Å². The second-order valence-corrected chi connectivity index (χ2v) is 15.8.